The summed E-state index contributed by atoms with van der Waals surface area (Å²) >= 11 is 0. The first-order valence-corrected chi connectivity index (χ1v) is 6.00. The van der Waals surface area contributed by atoms with Crippen LogP contribution in [0.25, 0.3) is 0 Å². The van der Waals surface area contributed by atoms with Gasteiger partial charge in [0.2, 0.25) is 0 Å². The van der Waals surface area contributed by atoms with E-state index < -0.39 is 42.3 Å². The minimum Gasteiger partial charge on any atom is -0.388 e. The van der Waals surface area contributed by atoms with E-state index in [2.05, 4.69) is 9.98 Å². The molecule has 0 spiro atoms. The van der Waals surface area contributed by atoms with Gasteiger partial charge < -0.3 is 20.8 Å². The average molecular weight is 272 g/mol. The first-order chi connectivity index (χ1) is 9.00. The Kier molecular flexibility index (Phi) is 2.79. The van der Waals surface area contributed by atoms with E-state index in [1.807, 2.05) is 0 Å². The van der Waals surface area contributed by atoms with E-state index in [-0.39, 0.29) is 12.3 Å². The van der Waals surface area contributed by atoms with Gasteiger partial charge in [0.25, 0.3) is 0 Å². The van der Waals surface area contributed by atoms with Crippen molar-refractivity contribution >= 4 is 12.2 Å². The van der Waals surface area contributed by atoms with E-state index >= 15 is 0 Å². The molecule has 2 heterocycles. The number of nitrogens with zero attached hydrogens (tertiary/aromatic N) is 3. The average Bonchev–Trinajstić information content (AvgIpc) is 2.92. The summed E-state index contributed by atoms with van der Waals surface area (Å²) in [6, 6.07) is -2.20. The Morgan fingerprint density at radius 1 is 1.37 bits per heavy atom. The summed E-state index contributed by atoms with van der Waals surface area (Å²) in [5.74, 6) is -0.365. The van der Waals surface area contributed by atoms with Gasteiger partial charge >= 0.3 is 0 Å². The summed E-state index contributed by atoms with van der Waals surface area (Å²) < 4.78 is 27.3. The van der Waals surface area contributed by atoms with Crippen LogP contribution in [0.5, 0.6) is 0 Å². The number of hydrogen-bond donors (Lipinski definition) is 3. The molecule has 1 fully saturated rings. The van der Waals surface area contributed by atoms with Crippen molar-refractivity contribution in [1.82, 2.24) is 4.90 Å². The molecule has 0 amide bonds. The van der Waals surface area contributed by atoms with Gasteiger partial charge in [-0.05, 0) is 0 Å². The van der Waals surface area contributed by atoms with Crippen molar-refractivity contribution in [1.29, 1.82) is 0 Å². The third-order valence-corrected chi connectivity index (χ3v) is 3.87. The molecule has 1 saturated carbocycles. The highest BCUT2D eigenvalue weighted by molar-refractivity contribution is 5.91. The van der Waals surface area contributed by atoms with Crippen molar-refractivity contribution in [2.75, 3.05) is 0 Å². The maximum Gasteiger partial charge on any atom is 0.143 e. The fourth-order valence-corrected chi connectivity index (χ4v) is 2.83. The van der Waals surface area contributed by atoms with Crippen LogP contribution in [0.1, 0.15) is 6.42 Å². The summed E-state index contributed by atoms with van der Waals surface area (Å²) in [6.07, 6.45) is -2.01. The first kappa shape index (κ1) is 12.5. The fraction of sp³-hybridized carbons (Fsp3) is 0.636. The van der Waals surface area contributed by atoms with Crippen molar-refractivity contribution in [3.8, 4) is 0 Å². The lowest BCUT2D eigenvalue weighted by atomic mass is 10.0. The van der Waals surface area contributed by atoms with E-state index in [0.29, 0.717) is 0 Å². The molecule has 8 heteroatoms. The van der Waals surface area contributed by atoms with Gasteiger partial charge in [-0.2, -0.15) is 0 Å². The van der Waals surface area contributed by atoms with E-state index in [0.717, 1.165) is 6.20 Å². The molecule has 2 unspecified atom stereocenters. The minimum atomic E-state index is -1.53. The smallest absolute Gasteiger partial charge is 0.143 e. The summed E-state index contributed by atoms with van der Waals surface area (Å²) in [5, 5.41) is 19.3. The van der Waals surface area contributed by atoms with Crippen molar-refractivity contribution < 1.29 is 19.0 Å². The molecule has 6 nitrogen and oxygen atoms in total. The van der Waals surface area contributed by atoms with Gasteiger partial charge in [-0.15, -0.1) is 0 Å². The number of nitrogens with two attached hydrogens (primary N) is 1. The predicted octanol–water partition coefficient (Wildman–Crippen LogP) is -0.919. The van der Waals surface area contributed by atoms with Crippen LogP contribution in [0.15, 0.2) is 22.0 Å². The monoisotopic (exact) mass is 272 g/mol. The lowest BCUT2D eigenvalue weighted by Crippen LogP contribution is -2.51. The molecule has 6 atom stereocenters. The van der Waals surface area contributed by atoms with Gasteiger partial charge in [0.15, 0.2) is 0 Å². The summed E-state index contributed by atoms with van der Waals surface area (Å²) in [5.41, 5.74) is 5.64. The van der Waals surface area contributed by atoms with Gasteiger partial charge in [0.05, 0.1) is 18.6 Å². The predicted molar refractivity (Wildman–Crippen MR) is 64.0 cm³/mol. The number of hydrogen-bond acceptors (Lipinski definition) is 6. The Balaban J connectivity index is 1.86. The lowest BCUT2D eigenvalue weighted by Gasteiger charge is -2.34. The Morgan fingerprint density at radius 2 is 2.11 bits per heavy atom. The van der Waals surface area contributed by atoms with E-state index in [1.54, 1.807) is 0 Å². The molecule has 0 aromatic heterocycles. The Bertz CT molecular complexity index is 481. The van der Waals surface area contributed by atoms with Crippen molar-refractivity contribution in [3.05, 3.63) is 12.0 Å². The number of alkyl halides is 1. The summed E-state index contributed by atoms with van der Waals surface area (Å²) in [4.78, 5) is 9.17. The SMILES string of the molecule is NC1=NC=C(F)C2C1N=CN2[C@@H]1C[C@H](F)[C@@H](O)[C@H]1O. The highest BCUT2D eigenvalue weighted by Gasteiger charge is 2.50. The Morgan fingerprint density at radius 3 is 2.74 bits per heavy atom. The van der Waals surface area contributed by atoms with Crippen LogP contribution in [-0.4, -0.2) is 63.8 Å². The van der Waals surface area contributed by atoms with Gasteiger partial charge in [0, 0.05) is 6.42 Å². The molecule has 4 N–H and O–H groups in total. The normalized spacial score (nSPS) is 45.2. The zero-order valence-electron chi connectivity index (χ0n) is 9.90. The van der Waals surface area contributed by atoms with Gasteiger partial charge in [-0.3, -0.25) is 4.99 Å². The van der Waals surface area contributed by atoms with Crippen LogP contribution in [0.3, 0.4) is 0 Å². The van der Waals surface area contributed by atoms with Crippen LogP contribution in [0.4, 0.5) is 8.78 Å². The maximum atomic E-state index is 13.9. The number of aliphatic hydroxyl groups is 2. The largest absolute Gasteiger partial charge is 0.388 e. The molecule has 0 saturated heterocycles. The van der Waals surface area contributed by atoms with Gasteiger partial charge in [-0.1, -0.05) is 0 Å². The standard InChI is InChI=1S/C11H14F2N4O2/c12-4-1-6(10(19)9(4)18)17-3-16-7-8(17)5(13)2-15-11(7)14/h2-4,6-10,18-19H,1H2,(H2,14,15)/t4-,6+,7?,8?,9+,10-/m0/s1. The summed E-state index contributed by atoms with van der Waals surface area (Å²) in [7, 11) is 0. The molecule has 104 valence electrons. The van der Waals surface area contributed by atoms with Crippen molar-refractivity contribution in [2.24, 2.45) is 15.7 Å². The number of aliphatic imine (C=N–C) groups is 2. The summed E-state index contributed by atoms with van der Waals surface area (Å²) in [6.45, 7) is 0. The highest BCUT2D eigenvalue weighted by Crippen LogP contribution is 2.34. The number of fused-ring (bicyclic) bond motifs is 1. The highest BCUT2D eigenvalue weighted by atomic mass is 19.1. The number of rotatable bonds is 1. The molecule has 19 heavy (non-hydrogen) atoms. The first-order valence-electron chi connectivity index (χ1n) is 6.00. The second-order valence-electron chi connectivity index (χ2n) is 4.97. The Hall–Kier alpha value is -1.54. The maximum absolute atomic E-state index is 13.9. The van der Waals surface area contributed by atoms with Gasteiger partial charge in [-0.25, -0.2) is 13.8 Å². The fourth-order valence-electron chi connectivity index (χ4n) is 2.83. The van der Waals surface area contributed by atoms with Crippen molar-refractivity contribution in [2.45, 2.75) is 42.9 Å². The molecule has 0 bridgehead atoms. The van der Waals surface area contributed by atoms with Crippen LogP contribution < -0.4 is 5.73 Å². The van der Waals surface area contributed by atoms with E-state index in [4.69, 9.17) is 5.73 Å². The van der Waals surface area contributed by atoms with Crippen LogP contribution in [-0.2, 0) is 0 Å². The second-order valence-corrected chi connectivity index (χ2v) is 4.97. The molecular weight excluding hydrogens is 258 g/mol. The number of halogens is 2. The molecule has 2 aliphatic heterocycles. The topological polar surface area (TPSA) is 94.4 Å². The van der Waals surface area contributed by atoms with Gasteiger partial charge in [0.1, 0.15) is 42.1 Å². The third-order valence-electron chi connectivity index (χ3n) is 3.87. The zero-order valence-corrected chi connectivity index (χ0v) is 9.90. The van der Waals surface area contributed by atoms with Crippen LogP contribution in [0, 0.1) is 0 Å². The number of amidine groups is 1. The van der Waals surface area contributed by atoms with E-state index in [9.17, 15) is 19.0 Å². The minimum absolute atomic E-state index is 0.0814. The molecule has 3 aliphatic rings. The molecule has 3 rings (SSSR count). The second kappa shape index (κ2) is 4.24. The molecule has 0 aromatic carbocycles. The van der Waals surface area contributed by atoms with Crippen molar-refractivity contribution in [3.63, 3.8) is 0 Å². The van der Waals surface area contributed by atoms with Crippen LogP contribution in [0.2, 0.25) is 0 Å². The molecular formula is C11H14F2N4O2. The lowest BCUT2D eigenvalue weighted by molar-refractivity contribution is -0.00876. The van der Waals surface area contributed by atoms with E-state index in [1.165, 1.54) is 11.2 Å². The molecule has 1 aliphatic carbocycles. The quantitative estimate of drug-likeness (QED) is 0.575. The third kappa shape index (κ3) is 1.74. The zero-order chi connectivity index (χ0) is 13.7. The van der Waals surface area contributed by atoms with Crippen LogP contribution >= 0.6 is 0 Å². The molecule has 0 radical (unpaired) electrons. The molecule has 0 aromatic rings. The number of aliphatic hydroxyl groups excluding tert-OH is 2. The Labute approximate surface area is 107 Å².